The second-order valence-corrected chi connectivity index (χ2v) is 4.42. The van der Waals surface area contributed by atoms with Gasteiger partial charge in [0.25, 0.3) is 0 Å². The van der Waals surface area contributed by atoms with Gasteiger partial charge in [0.15, 0.2) is 0 Å². The maximum atomic E-state index is 4.51. The fourth-order valence-corrected chi connectivity index (χ4v) is 2.36. The van der Waals surface area contributed by atoms with Crippen molar-refractivity contribution in [1.82, 2.24) is 15.2 Å². The minimum absolute atomic E-state index is 0. The molecular weight excluding hydrogens is 281 g/mol. The van der Waals surface area contributed by atoms with Crippen LogP contribution >= 0.6 is 24.8 Å². The number of allylic oxidation sites excluding steroid dienone is 1. The minimum atomic E-state index is 0. The molecule has 0 amide bonds. The number of piperazine rings is 1. The van der Waals surface area contributed by atoms with Gasteiger partial charge < -0.3 is 5.32 Å². The Kier molecular flexibility index (Phi) is 9.88. The number of nitrogens with one attached hydrogen (secondary N) is 1. The lowest BCUT2D eigenvalue weighted by molar-refractivity contribution is 0.163. The molecule has 1 fully saturated rings. The molecule has 1 aromatic rings. The molecule has 0 spiro atoms. The first-order chi connectivity index (χ1) is 8.42. The van der Waals surface area contributed by atoms with Crippen molar-refractivity contribution < 1.29 is 0 Å². The summed E-state index contributed by atoms with van der Waals surface area (Å²) in [5.74, 6) is 0. The van der Waals surface area contributed by atoms with Crippen molar-refractivity contribution in [1.29, 1.82) is 0 Å². The number of pyridine rings is 1. The zero-order chi connectivity index (χ0) is 11.9. The van der Waals surface area contributed by atoms with Crippen LogP contribution in [-0.2, 0) is 0 Å². The molecular formula is C14H23Cl2N3. The zero-order valence-electron chi connectivity index (χ0n) is 11.1. The summed E-state index contributed by atoms with van der Waals surface area (Å²) < 4.78 is 0. The van der Waals surface area contributed by atoms with Crippen LogP contribution in [0.2, 0.25) is 0 Å². The molecule has 1 aliphatic heterocycles. The predicted molar refractivity (Wildman–Crippen MR) is 85.3 cm³/mol. The number of hydrogen-bond acceptors (Lipinski definition) is 3. The first-order valence-electron chi connectivity index (χ1n) is 6.38. The van der Waals surface area contributed by atoms with Crippen LogP contribution in [0, 0.1) is 0 Å². The fourth-order valence-electron chi connectivity index (χ4n) is 2.36. The van der Waals surface area contributed by atoms with Gasteiger partial charge in [-0.05, 0) is 25.0 Å². The SMILES string of the molecule is C=CCC[C@@H](c1ccccn1)N1CCNCC1.Cl.Cl. The zero-order valence-corrected chi connectivity index (χ0v) is 12.8. The Hall–Kier alpha value is -0.610. The molecule has 1 saturated heterocycles. The average molecular weight is 304 g/mol. The molecule has 0 radical (unpaired) electrons. The van der Waals surface area contributed by atoms with Gasteiger partial charge in [0.2, 0.25) is 0 Å². The molecule has 19 heavy (non-hydrogen) atoms. The van der Waals surface area contributed by atoms with Gasteiger partial charge in [-0.1, -0.05) is 12.1 Å². The van der Waals surface area contributed by atoms with E-state index in [-0.39, 0.29) is 24.8 Å². The van der Waals surface area contributed by atoms with Gasteiger partial charge in [0.05, 0.1) is 11.7 Å². The van der Waals surface area contributed by atoms with Crippen molar-refractivity contribution >= 4 is 24.8 Å². The topological polar surface area (TPSA) is 28.2 Å². The van der Waals surface area contributed by atoms with Gasteiger partial charge in [-0.15, -0.1) is 31.4 Å². The quantitative estimate of drug-likeness (QED) is 0.848. The summed E-state index contributed by atoms with van der Waals surface area (Å²) in [4.78, 5) is 7.04. The summed E-state index contributed by atoms with van der Waals surface area (Å²) in [5.41, 5.74) is 1.19. The van der Waals surface area contributed by atoms with Crippen molar-refractivity contribution in [2.45, 2.75) is 18.9 Å². The highest BCUT2D eigenvalue weighted by atomic mass is 35.5. The van der Waals surface area contributed by atoms with Crippen LogP contribution in [0.4, 0.5) is 0 Å². The Morgan fingerprint density at radius 2 is 2.05 bits per heavy atom. The smallest absolute Gasteiger partial charge is 0.0575 e. The average Bonchev–Trinajstić information content (AvgIpc) is 2.42. The number of aromatic nitrogens is 1. The van der Waals surface area contributed by atoms with E-state index in [0.29, 0.717) is 6.04 Å². The lowest BCUT2D eigenvalue weighted by Crippen LogP contribution is -2.45. The van der Waals surface area contributed by atoms with E-state index in [1.165, 1.54) is 5.69 Å². The molecule has 1 aromatic heterocycles. The Morgan fingerprint density at radius 1 is 1.32 bits per heavy atom. The summed E-state index contributed by atoms with van der Waals surface area (Å²) in [7, 11) is 0. The van der Waals surface area contributed by atoms with E-state index >= 15 is 0 Å². The third kappa shape index (κ3) is 5.49. The van der Waals surface area contributed by atoms with Gasteiger partial charge in [-0.2, -0.15) is 0 Å². The van der Waals surface area contributed by atoms with Crippen molar-refractivity contribution in [3.05, 3.63) is 42.7 Å². The number of rotatable bonds is 5. The molecule has 0 aliphatic carbocycles. The first-order valence-corrected chi connectivity index (χ1v) is 6.38. The van der Waals surface area contributed by atoms with Crippen LogP contribution in [0.15, 0.2) is 37.1 Å². The molecule has 2 heterocycles. The third-order valence-electron chi connectivity index (χ3n) is 3.27. The Balaban J connectivity index is 0.00000162. The minimum Gasteiger partial charge on any atom is -0.314 e. The summed E-state index contributed by atoms with van der Waals surface area (Å²) in [6, 6.07) is 6.63. The summed E-state index contributed by atoms with van der Waals surface area (Å²) >= 11 is 0. The molecule has 1 atom stereocenters. The Morgan fingerprint density at radius 3 is 2.63 bits per heavy atom. The monoisotopic (exact) mass is 303 g/mol. The van der Waals surface area contributed by atoms with Crippen molar-refractivity contribution in [2.24, 2.45) is 0 Å². The van der Waals surface area contributed by atoms with Crippen molar-refractivity contribution in [3.63, 3.8) is 0 Å². The summed E-state index contributed by atoms with van der Waals surface area (Å²) in [6.45, 7) is 8.20. The van der Waals surface area contributed by atoms with Gasteiger partial charge >= 0.3 is 0 Å². The normalized spacial score (nSPS) is 16.8. The molecule has 108 valence electrons. The van der Waals surface area contributed by atoms with E-state index in [4.69, 9.17) is 0 Å². The molecule has 2 rings (SSSR count). The third-order valence-corrected chi connectivity index (χ3v) is 3.27. The van der Waals surface area contributed by atoms with E-state index in [0.717, 1.165) is 39.0 Å². The maximum Gasteiger partial charge on any atom is 0.0575 e. The van der Waals surface area contributed by atoms with Gasteiger partial charge in [0.1, 0.15) is 0 Å². The highest BCUT2D eigenvalue weighted by Crippen LogP contribution is 2.24. The van der Waals surface area contributed by atoms with Gasteiger partial charge in [-0.25, -0.2) is 0 Å². The first kappa shape index (κ1) is 18.4. The van der Waals surface area contributed by atoms with E-state index in [9.17, 15) is 0 Å². The van der Waals surface area contributed by atoms with Crippen molar-refractivity contribution in [3.8, 4) is 0 Å². The largest absolute Gasteiger partial charge is 0.314 e. The lowest BCUT2D eigenvalue weighted by Gasteiger charge is -2.34. The summed E-state index contributed by atoms with van der Waals surface area (Å²) in [5, 5.41) is 3.39. The number of nitrogens with zero attached hydrogens (tertiary/aromatic N) is 2. The van der Waals surface area contributed by atoms with E-state index in [1.54, 1.807) is 0 Å². The van der Waals surface area contributed by atoms with E-state index < -0.39 is 0 Å². The van der Waals surface area contributed by atoms with Crippen molar-refractivity contribution in [2.75, 3.05) is 26.2 Å². The second kappa shape index (κ2) is 10.2. The number of halogens is 2. The van der Waals surface area contributed by atoms with Gasteiger partial charge in [-0.3, -0.25) is 9.88 Å². The van der Waals surface area contributed by atoms with E-state index in [1.807, 2.05) is 18.3 Å². The molecule has 0 bridgehead atoms. The van der Waals surface area contributed by atoms with Crippen LogP contribution < -0.4 is 5.32 Å². The Bertz CT molecular complexity index is 340. The van der Waals surface area contributed by atoms with Crippen LogP contribution in [0.25, 0.3) is 0 Å². The lowest BCUT2D eigenvalue weighted by atomic mass is 10.0. The molecule has 0 unspecified atom stereocenters. The highest BCUT2D eigenvalue weighted by molar-refractivity contribution is 5.85. The highest BCUT2D eigenvalue weighted by Gasteiger charge is 2.22. The molecule has 1 aliphatic rings. The standard InChI is InChI=1S/C14H21N3.2ClH/c1-2-3-7-14(13-6-4-5-8-16-13)17-11-9-15-10-12-17;;/h2,4-6,8,14-15H,1,3,7,9-12H2;2*1H/t14-;;/m0../s1. The predicted octanol–water partition coefficient (Wildman–Crippen LogP) is 2.84. The van der Waals surface area contributed by atoms with Crippen LogP contribution in [-0.4, -0.2) is 36.1 Å². The fraction of sp³-hybridized carbons (Fsp3) is 0.500. The Labute approximate surface area is 128 Å². The second-order valence-electron chi connectivity index (χ2n) is 4.42. The summed E-state index contributed by atoms with van der Waals surface area (Å²) in [6.07, 6.45) is 6.04. The maximum absolute atomic E-state index is 4.51. The molecule has 1 N–H and O–H groups in total. The number of hydrogen-bond donors (Lipinski definition) is 1. The van der Waals surface area contributed by atoms with Crippen LogP contribution in [0.3, 0.4) is 0 Å². The molecule has 3 nitrogen and oxygen atoms in total. The van der Waals surface area contributed by atoms with Crippen LogP contribution in [0.5, 0.6) is 0 Å². The van der Waals surface area contributed by atoms with E-state index in [2.05, 4.69) is 33.9 Å². The molecule has 0 aromatic carbocycles. The van der Waals surface area contributed by atoms with Crippen LogP contribution in [0.1, 0.15) is 24.6 Å². The molecule has 0 saturated carbocycles. The molecule has 5 heteroatoms. The van der Waals surface area contributed by atoms with Gasteiger partial charge in [0, 0.05) is 32.4 Å².